The molecule has 2 rings (SSSR count). The molecule has 20 heavy (non-hydrogen) atoms. The van der Waals surface area contributed by atoms with Crippen LogP contribution in [0.3, 0.4) is 0 Å². The van der Waals surface area contributed by atoms with Gasteiger partial charge in [-0.3, -0.25) is 0 Å². The van der Waals surface area contributed by atoms with Crippen LogP contribution in [0.25, 0.3) is 0 Å². The fraction of sp³-hybridized carbons (Fsp3) is 1.00. The Kier molecular flexibility index (Phi) is 7.28. The van der Waals surface area contributed by atoms with Gasteiger partial charge in [0, 0.05) is 5.92 Å². The quantitative estimate of drug-likeness (QED) is 0.673. The van der Waals surface area contributed by atoms with Crippen LogP contribution in [0.1, 0.15) is 52.4 Å². The van der Waals surface area contributed by atoms with E-state index >= 15 is 0 Å². The first-order valence-corrected chi connectivity index (χ1v) is 8.29. The standard InChI is InChI=1S/C16H30O4/c1-3-5-6-8-13-9-19-16(20-10-13)14-11-17-15(7-4-2)18-12-14/h13-16H,3-12H2,1-2H3/t13-,14-,15-,16-. The highest BCUT2D eigenvalue weighted by atomic mass is 16.7. The average Bonchev–Trinajstić information content (AvgIpc) is 2.49. The topological polar surface area (TPSA) is 36.9 Å². The fourth-order valence-electron chi connectivity index (χ4n) is 2.80. The maximum Gasteiger partial charge on any atom is 0.164 e. The van der Waals surface area contributed by atoms with Crippen molar-refractivity contribution in [3.8, 4) is 0 Å². The smallest absolute Gasteiger partial charge is 0.164 e. The highest BCUT2D eigenvalue weighted by Crippen LogP contribution is 2.25. The van der Waals surface area contributed by atoms with E-state index in [4.69, 9.17) is 18.9 Å². The van der Waals surface area contributed by atoms with Crippen molar-refractivity contribution < 1.29 is 18.9 Å². The molecule has 0 amide bonds. The van der Waals surface area contributed by atoms with Gasteiger partial charge < -0.3 is 18.9 Å². The lowest BCUT2D eigenvalue weighted by Crippen LogP contribution is -2.44. The predicted octanol–water partition coefficient (Wildman–Crippen LogP) is 3.35. The van der Waals surface area contributed by atoms with Crippen molar-refractivity contribution in [2.24, 2.45) is 11.8 Å². The van der Waals surface area contributed by atoms with Gasteiger partial charge in [-0.1, -0.05) is 39.5 Å². The van der Waals surface area contributed by atoms with Crippen LogP contribution in [0.15, 0.2) is 0 Å². The van der Waals surface area contributed by atoms with Crippen LogP contribution in [-0.4, -0.2) is 39.0 Å². The van der Waals surface area contributed by atoms with Gasteiger partial charge >= 0.3 is 0 Å². The van der Waals surface area contributed by atoms with E-state index in [-0.39, 0.29) is 18.5 Å². The Morgan fingerprint density at radius 3 is 2.05 bits per heavy atom. The van der Waals surface area contributed by atoms with Gasteiger partial charge in [-0.25, -0.2) is 0 Å². The predicted molar refractivity (Wildman–Crippen MR) is 77.4 cm³/mol. The molecule has 0 N–H and O–H groups in total. The monoisotopic (exact) mass is 286 g/mol. The minimum atomic E-state index is -0.139. The number of hydrogen-bond donors (Lipinski definition) is 0. The number of rotatable bonds is 7. The molecule has 2 aliphatic rings. The molecule has 4 heteroatoms. The van der Waals surface area contributed by atoms with Crippen molar-refractivity contribution in [3.63, 3.8) is 0 Å². The van der Waals surface area contributed by atoms with Gasteiger partial charge in [0.25, 0.3) is 0 Å². The largest absolute Gasteiger partial charge is 0.352 e. The molecule has 0 aromatic carbocycles. The maximum atomic E-state index is 5.87. The van der Waals surface area contributed by atoms with Crippen LogP contribution in [0.2, 0.25) is 0 Å². The molecule has 4 nitrogen and oxygen atoms in total. The summed E-state index contributed by atoms with van der Waals surface area (Å²) < 4.78 is 23.2. The zero-order chi connectivity index (χ0) is 14.2. The lowest BCUT2D eigenvalue weighted by atomic mass is 10.0. The fourth-order valence-corrected chi connectivity index (χ4v) is 2.80. The third-order valence-electron chi connectivity index (χ3n) is 4.11. The van der Waals surface area contributed by atoms with E-state index < -0.39 is 0 Å². The first kappa shape index (κ1) is 16.2. The molecule has 118 valence electrons. The Bertz CT molecular complexity index is 243. The SMILES string of the molecule is CCCCC[C@H]1CO[C@H]([C@H]2CO[C@H](CCC)OC2)OC1. The number of ether oxygens (including phenoxy) is 4. The molecule has 0 atom stereocenters. The van der Waals surface area contributed by atoms with Crippen molar-refractivity contribution >= 4 is 0 Å². The van der Waals surface area contributed by atoms with Gasteiger partial charge in [0.1, 0.15) is 0 Å². The van der Waals surface area contributed by atoms with E-state index in [2.05, 4.69) is 13.8 Å². The summed E-state index contributed by atoms with van der Waals surface area (Å²) in [5, 5.41) is 0. The van der Waals surface area contributed by atoms with Crippen molar-refractivity contribution in [2.45, 2.75) is 65.0 Å². The molecule has 0 bridgehead atoms. The molecule has 0 aromatic rings. The molecule has 0 radical (unpaired) electrons. The highest BCUT2D eigenvalue weighted by molar-refractivity contribution is 4.72. The van der Waals surface area contributed by atoms with Crippen molar-refractivity contribution in [2.75, 3.05) is 26.4 Å². The molecular formula is C16H30O4. The van der Waals surface area contributed by atoms with Gasteiger partial charge in [0.05, 0.1) is 32.3 Å². The summed E-state index contributed by atoms with van der Waals surface area (Å²) in [6, 6.07) is 0. The summed E-state index contributed by atoms with van der Waals surface area (Å²) in [6.45, 7) is 7.40. The summed E-state index contributed by atoms with van der Waals surface area (Å²) in [4.78, 5) is 0. The minimum Gasteiger partial charge on any atom is -0.352 e. The Labute approximate surface area is 123 Å². The van der Waals surface area contributed by atoms with E-state index in [1.54, 1.807) is 0 Å². The van der Waals surface area contributed by atoms with Crippen LogP contribution < -0.4 is 0 Å². The summed E-state index contributed by atoms with van der Waals surface area (Å²) in [5.74, 6) is 0.788. The van der Waals surface area contributed by atoms with E-state index in [9.17, 15) is 0 Å². The highest BCUT2D eigenvalue weighted by Gasteiger charge is 2.33. The van der Waals surface area contributed by atoms with Crippen LogP contribution in [0.4, 0.5) is 0 Å². The molecule has 0 spiro atoms. The van der Waals surface area contributed by atoms with Crippen LogP contribution in [0, 0.1) is 11.8 Å². The van der Waals surface area contributed by atoms with Gasteiger partial charge in [-0.2, -0.15) is 0 Å². The third-order valence-corrected chi connectivity index (χ3v) is 4.11. The zero-order valence-corrected chi connectivity index (χ0v) is 13.0. The molecule has 2 heterocycles. The molecule has 0 saturated carbocycles. The molecule has 2 aliphatic heterocycles. The summed E-state index contributed by atoms with van der Waals surface area (Å²) in [6.07, 6.45) is 6.98. The van der Waals surface area contributed by atoms with E-state index in [1.165, 1.54) is 25.7 Å². The number of hydrogen-bond acceptors (Lipinski definition) is 4. The Hall–Kier alpha value is -0.160. The normalized spacial score (nSPS) is 35.1. The third kappa shape index (κ3) is 4.99. The second-order valence-electron chi connectivity index (χ2n) is 6.04. The summed E-state index contributed by atoms with van der Waals surface area (Å²) >= 11 is 0. The first-order chi connectivity index (χ1) is 9.83. The molecule has 0 unspecified atom stereocenters. The van der Waals surface area contributed by atoms with Crippen molar-refractivity contribution in [1.29, 1.82) is 0 Å². The van der Waals surface area contributed by atoms with Gasteiger partial charge in [-0.15, -0.1) is 0 Å². The summed E-state index contributed by atoms with van der Waals surface area (Å²) in [7, 11) is 0. The van der Waals surface area contributed by atoms with Crippen LogP contribution >= 0.6 is 0 Å². The van der Waals surface area contributed by atoms with Crippen LogP contribution in [0.5, 0.6) is 0 Å². The van der Waals surface area contributed by atoms with Gasteiger partial charge in [0.15, 0.2) is 12.6 Å². The van der Waals surface area contributed by atoms with Gasteiger partial charge in [-0.05, 0) is 12.8 Å². The van der Waals surface area contributed by atoms with Gasteiger partial charge in [0.2, 0.25) is 0 Å². The average molecular weight is 286 g/mol. The maximum absolute atomic E-state index is 5.87. The lowest BCUT2D eigenvalue weighted by molar-refractivity contribution is -0.281. The Balaban J connectivity index is 1.62. The second-order valence-corrected chi connectivity index (χ2v) is 6.04. The Morgan fingerprint density at radius 2 is 1.45 bits per heavy atom. The molecule has 2 fully saturated rings. The van der Waals surface area contributed by atoms with Crippen LogP contribution in [-0.2, 0) is 18.9 Å². The van der Waals surface area contributed by atoms with E-state index in [1.807, 2.05) is 0 Å². The minimum absolute atomic E-state index is 0.0263. The van der Waals surface area contributed by atoms with E-state index in [0.717, 1.165) is 26.1 Å². The second kappa shape index (κ2) is 8.98. The van der Waals surface area contributed by atoms with Crippen molar-refractivity contribution in [1.82, 2.24) is 0 Å². The molecule has 0 aliphatic carbocycles. The summed E-state index contributed by atoms with van der Waals surface area (Å²) in [5.41, 5.74) is 0. The lowest BCUT2D eigenvalue weighted by Gasteiger charge is -2.37. The van der Waals surface area contributed by atoms with E-state index in [0.29, 0.717) is 19.1 Å². The molecule has 0 aromatic heterocycles. The molecular weight excluding hydrogens is 256 g/mol. The molecule has 2 saturated heterocycles. The number of unbranched alkanes of at least 4 members (excludes halogenated alkanes) is 2. The van der Waals surface area contributed by atoms with Crippen molar-refractivity contribution in [3.05, 3.63) is 0 Å². The zero-order valence-electron chi connectivity index (χ0n) is 13.0. The first-order valence-electron chi connectivity index (χ1n) is 8.29. The Morgan fingerprint density at radius 1 is 0.750 bits per heavy atom.